The highest BCUT2D eigenvalue weighted by molar-refractivity contribution is 7.89. The molecule has 1 saturated heterocycles. The van der Waals surface area contributed by atoms with E-state index >= 15 is 0 Å². The molecule has 0 bridgehead atoms. The van der Waals surface area contributed by atoms with E-state index in [9.17, 15) is 8.42 Å². The molecule has 98 valence electrons. The normalized spacial score (nSPS) is 17.8. The van der Waals surface area contributed by atoms with Gasteiger partial charge in [0.1, 0.15) is 4.90 Å². The van der Waals surface area contributed by atoms with Crippen molar-refractivity contribution in [3.8, 4) is 0 Å². The van der Waals surface area contributed by atoms with Crippen molar-refractivity contribution < 1.29 is 8.42 Å². The number of sulfonamides is 1. The van der Waals surface area contributed by atoms with Crippen LogP contribution in [0.2, 0.25) is 0 Å². The molecule has 0 aromatic carbocycles. The van der Waals surface area contributed by atoms with Crippen LogP contribution in [0.15, 0.2) is 4.90 Å². The molecule has 7 heteroatoms. The average molecular weight is 280 g/mol. The Bertz CT molecular complexity index is 458. The minimum atomic E-state index is -3.34. The largest absolute Gasteiger partial charge is 0.281 e. The summed E-state index contributed by atoms with van der Waals surface area (Å²) in [4.78, 5) is 0.356. The third-order valence-electron chi connectivity index (χ3n) is 2.97. The second-order valence-electron chi connectivity index (χ2n) is 4.23. The lowest BCUT2D eigenvalue weighted by Gasteiger charge is -2.25. The molecule has 0 saturated carbocycles. The molecule has 0 aliphatic carbocycles. The highest BCUT2D eigenvalue weighted by Crippen LogP contribution is 2.24. The van der Waals surface area contributed by atoms with E-state index in [4.69, 9.17) is 0 Å². The van der Waals surface area contributed by atoms with Crippen molar-refractivity contribution in [3.63, 3.8) is 0 Å². The molecule has 1 aromatic heterocycles. The number of piperidine rings is 1. The van der Waals surface area contributed by atoms with Crippen molar-refractivity contribution in [1.82, 2.24) is 14.5 Å². The van der Waals surface area contributed by atoms with Crippen molar-refractivity contribution in [3.05, 3.63) is 11.4 Å². The van der Waals surface area contributed by atoms with E-state index in [-0.39, 0.29) is 12.4 Å². The number of H-pyrrole nitrogens is 1. The molecule has 5 nitrogen and oxygen atoms in total. The van der Waals surface area contributed by atoms with Crippen LogP contribution in [0.1, 0.15) is 30.7 Å². The first kappa shape index (κ1) is 14.5. The quantitative estimate of drug-likeness (QED) is 0.895. The van der Waals surface area contributed by atoms with Gasteiger partial charge in [-0.1, -0.05) is 6.42 Å². The maximum absolute atomic E-state index is 12.4. The van der Waals surface area contributed by atoms with Gasteiger partial charge in [0.25, 0.3) is 0 Å². The smallest absolute Gasteiger partial charge is 0.246 e. The first-order chi connectivity index (χ1) is 7.53. The SMILES string of the molecule is Cc1n[nH]c(C)c1S(=O)(=O)N1CCCCC1.Cl. The van der Waals surface area contributed by atoms with Crippen LogP contribution < -0.4 is 0 Å². The zero-order chi connectivity index (χ0) is 11.8. The molecule has 0 amide bonds. The van der Waals surface area contributed by atoms with Crippen molar-refractivity contribution in [2.75, 3.05) is 13.1 Å². The van der Waals surface area contributed by atoms with E-state index in [1.165, 1.54) is 0 Å². The molecular weight excluding hydrogens is 262 g/mol. The van der Waals surface area contributed by atoms with Crippen molar-refractivity contribution in [2.45, 2.75) is 38.0 Å². The minimum absolute atomic E-state index is 0. The van der Waals surface area contributed by atoms with Crippen LogP contribution in [0.5, 0.6) is 0 Å². The Labute approximate surface area is 108 Å². The van der Waals surface area contributed by atoms with Gasteiger partial charge in [-0.2, -0.15) is 9.40 Å². The van der Waals surface area contributed by atoms with Crippen molar-refractivity contribution >= 4 is 22.4 Å². The molecule has 17 heavy (non-hydrogen) atoms. The molecule has 1 fully saturated rings. The van der Waals surface area contributed by atoms with E-state index in [1.807, 2.05) is 0 Å². The fourth-order valence-electron chi connectivity index (χ4n) is 2.16. The van der Waals surface area contributed by atoms with Gasteiger partial charge in [-0.25, -0.2) is 8.42 Å². The van der Waals surface area contributed by atoms with Gasteiger partial charge in [0.15, 0.2) is 0 Å². The van der Waals surface area contributed by atoms with Gasteiger partial charge in [-0.15, -0.1) is 12.4 Å². The van der Waals surface area contributed by atoms with Crippen LogP contribution in [0, 0.1) is 13.8 Å². The van der Waals surface area contributed by atoms with Crippen LogP contribution >= 0.6 is 12.4 Å². The van der Waals surface area contributed by atoms with Gasteiger partial charge in [-0.05, 0) is 26.7 Å². The second kappa shape index (κ2) is 5.37. The number of aromatic nitrogens is 2. The van der Waals surface area contributed by atoms with E-state index in [2.05, 4.69) is 10.2 Å². The topological polar surface area (TPSA) is 66.1 Å². The lowest BCUT2D eigenvalue weighted by molar-refractivity contribution is 0.346. The summed E-state index contributed by atoms with van der Waals surface area (Å²) in [6, 6.07) is 0. The number of nitrogens with zero attached hydrogens (tertiary/aromatic N) is 2. The van der Waals surface area contributed by atoms with Gasteiger partial charge >= 0.3 is 0 Å². The van der Waals surface area contributed by atoms with Gasteiger partial charge in [0, 0.05) is 13.1 Å². The monoisotopic (exact) mass is 279 g/mol. The van der Waals surface area contributed by atoms with Gasteiger partial charge in [0.05, 0.1) is 11.4 Å². The number of aromatic amines is 1. The van der Waals surface area contributed by atoms with Crippen LogP contribution in [0.25, 0.3) is 0 Å². The van der Waals surface area contributed by atoms with Crippen LogP contribution in [-0.4, -0.2) is 36.0 Å². The Morgan fingerprint density at radius 3 is 2.24 bits per heavy atom. The molecule has 1 N–H and O–H groups in total. The molecular formula is C10H18ClN3O2S. The maximum atomic E-state index is 12.4. The standard InChI is InChI=1S/C10H17N3O2S.ClH/c1-8-10(9(2)12-11-8)16(14,15)13-6-4-3-5-7-13;/h3-7H2,1-2H3,(H,11,12);1H. The summed E-state index contributed by atoms with van der Waals surface area (Å²) in [6.45, 7) is 4.73. The Morgan fingerprint density at radius 2 is 1.76 bits per heavy atom. The molecule has 0 unspecified atom stereocenters. The molecule has 1 aliphatic heterocycles. The summed E-state index contributed by atoms with van der Waals surface area (Å²) in [7, 11) is -3.34. The minimum Gasteiger partial charge on any atom is -0.281 e. The molecule has 1 aliphatic rings. The number of hydrogen-bond donors (Lipinski definition) is 1. The van der Waals surface area contributed by atoms with Gasteiger partial charge in [-0.3, -0.25) is 5.10 Å². The molecule has 2 rings (SSSR count). The lowest BCUT2D eigenvalue weighted by atomic mass is 10.2. The average Bonchev–Trinajstić information content (AvgIpc) is 2.60. The number of aryl methyl sites for hydroxylation is 2. The summed E-state index contributed by atoms with van der Waals surface area (Å²) in [5.74, 6) is 0. The maximum Gasteiger partial charge on any atom is 0.246 e. The number of hydrogen-bond acceptors (Lipinski definition) is 3. The second-order valence-corrected chi connectivity index (χ2v) is 6.10. The van der Waals surface area contributed by atoms with E-state index < -0.39 is 10.0 Å². The van der Waals surface area contributed by atoms with Crippen LogP contribution in [0.3, 0.4) is 0 Å². The van der Waals surface area contributed by atoms with Crippen LogP contribution in [0.4, 0.5) is 0 Å². The summed E-state index contributed by atoms with van der Waals surface area (Å²) >= 11 is 0. The number of nitrogens with one attached hydrogen (secondary N) is 1. The zero-order valence-electron chi connectivity index (χ0n) is 10.1. The predicted octanol–water partition coefficient (Wildman–Crippen LogP) is 1.62. The summed E-state index contributed by atoms with van der Waals surface area (Å²) in [6.07, 6.45) is 3.03. The zero-order valence-corrected chi connectivity index (χ0v) is 11.7. The number of halogens is 1. The van der Waals surface area contributed by atoms with E-state index in [0.29, 0.717) is 29.4 Å². The van der Waals surface area contributed by atoms with E-state index in [1.54, 1.807) is 18.2 Å². The Balaban J connectivity index is 0.00000144. The summed E-state index contributed by atoms with van der Waals surface area (Å²) in [5.41, 5.74) is 1.19. The summed E-state index contributed by atoms with van der Waals surface area (Å²) < 4.78 is 26.3. The molecule has 0 radical (unpaired) electrons. The highest BCUT2D eigenvalue weighted by atomic mass is 35.5. The van der Waals surface area contributed by atoms with Crippen molar-refractivity contribution in [1.29, 1.82) is 0 Å². The van der Waals surface area contributed by atoms with Crippen molar-refractivity contribution in [2.24, 2.45) is 0 Å². The summed E-state index contributed by atoms with van der Waals surface area (Å²) in [5, 5.41) is 6.67. The van der Waals surface area contributed by atoms with Crippen LogP contribution in [-0.2, 0) is 10.0 Å². The molecule has 1 aromatic rings. The Morgan fingerprint density at radius 1 is 1.18 bits per heavy atom. The number of rotatable bonds is 2. The lowest BCUT2D eigenvalue weighted by Crippen LogP contribution is -2.36. The van der Waals surface area contributed by atoms with Gasteiger partial charge < -0.3 is 0 Å². The third kappa shape index (κ3) is 2.64. The first-order valence-electron chi connectivity index (χ1n) is 5.55. The fraction of sp³-hybridized carbons (Fsp3) is 0.700. The molecule has 0 spiro atoms. The highest BCUT2D eigenvalue weighted by Gasteiger charge is 2.30. The molecule has 2 heterocycles. The third-order valence-corrected chi connectivity index (χ3v) is 5.14. The predicted molar refractivity (Wildman–Crippen MR) is 67.9 cm³/mol. The Hall–Kier alpha value is -0.590. The van der Waals surface area contributed by atoms with E-state index in [0.717, 1.165) is 19.3 Å². The fourth-order valence-corrected chi connectivity index (χ4v) is 4.00. The Kier molecular flexibility index (Phi) is 4.57. The van der Waals surface area contributed by atoms with Gasteiger partial charge in [0.2, 0.25) is 10.0 Å². The molecule has 0 atom stereocenters. The first-order valence-corrected chi connectivity index (χ1v) is 6.99.